The zero-order valence-corrected chi connectivity index (χ0v) is 37.6. The molecule has 67 heavy (non-hydrogen) atoms. The van der Waals surface area contributed by atoms with Gasteiger partial charge in [0.25, 0.3) is 0 Å². The van der Waals surface area contributed by atoms with Crippen LogP contribution in [0.1, 0.15) is 13.8 Å². The van der Waals surface area contributed by atoms with Crippen molar-refractivity contribution >= 4 is 96.8 Å². The third-order valence-corrected chi connectivity index (χ3v) is 14.2. The van der Waals surface area contributed by atoms with Crippen molar-refractivity contribution in [3.8, 4) is 51.0 Å². The zero-order valence-electron chi connectivity index (χ0n) is 36.7. The highest BCUT2D eigenvalue weighted by atomic mass is 32.1. The Labute approximate surface area is 389 Å². The number of hydrogen-bond acceptors (Lipinski definition) is 5. The summed E-state index contributed by atoms with van der Waals surface area (Å²) in [7, 11) is 0. The monoisotopic (exact) mass is 876 g/mol. The maximum atomic E-state index is 6.40. The third kappa shape index (κ3) is 6.18. The summed E-state index contributed by atoms with van der Waals surface area (Å²) >= 11 is 1.85. The molecule has 0 aliphatic carbocycles. The molecule has 5 nitrogen and oxygen atoms in total. The van der Waals surface area contributed by atoms with Gasteiger partial charge in [-0.05, 0) is 75.3 Å². The van der Waals surface area contributed by atoms with Crippen molar-refractivity contribution < 1.29 is 4.42 Å². The fourth-order valence-electron chi connectivity index (χ4n) is 10.1. The lowest BCUT2D eigenvalue weighted by molar-refractivity contribution is 0.669. The first-order chi connectivity index (χ1) is 33.2. The van der Waals surface area contributed by atoms with Crippen LogP contribution in [0, 0.1) is 0 Å². The maximum absolute atomic E-state index is 6.40. The van der Waals surface area contributed by atoms with Crippen LogP contribution in [0.3, 0.4) is 0 Å². The van der Waals surface area contributed by atoms with E-state index in [1.807, 2.05) is 61.6 Å². The molecule has 0 fully saturated rings. The van der Waals surface area contributed by atoms with Gasteiger partial charge in [-0.3, -0.25) is 4.57 Å². The van der Waals surface area contributed by atoms with Crippen LogP contribution in [0.5, 0.6) is 0 Å². The number of benzene rings is 10. The minimum atomic E-state index is 0.539. The minimum Gasteiger partial charge on any atom is -0.456 e. The molecule has 0 amide bonds. The second-order valence-corrected chi connectivity index (χ2v) is 17.8. The molecular weight excluding hydrogens is 837 g/mol. The highest BCUT2D eigenvalue weighted by Crippen LogP contribution is 2.46. The number of rotatable bonds is 5. The Morgan fingerprint density at radius 2 is 0.940 bits per heavy atom. The van der Waals surface area contributed by atoms with Gasteiger partial charge < -0.3 is 4.42 Å². The Kier molecular flexibility index (Phi) is 9.08. The molecule has 0 aliphatic heterocycles. The molecule has 0 radical (unpaired) electrons. The summed E-state index contributed by atoms with van der Waals surface area (Å²) in [6, 6.07) is 73.4. The molecular formula is C61H40N4OS. The largest absolute Gasteiger partial charge is 0.456 e. The third-order valence-electron chi connectivity index (χ3n) is 13.0. The highest BCUT2D eigenvalue weighted by Gasteiger charge is 2.25. The number of furan rings is 1. The molecule has 0 saturated heterocycles. The van der Waals surface area contributed by atoms with E-state index < -0.39 is 0 Å². The summed E-state index contributed by atoms with van der Waals surface area (Å²) in [6.45, 7) is 4.00. The van der Waals surface area contributed by atoms with E-state index in [0.29, 0.717) is 17.6 Å². The molecule has 316 valence electrons. The first kappa shape index (κ1) is 39.0. The van der Waals surface area contributed by atoms with Crippen molar-refractivity contribution in [3.05, 3.63) is 206 Å². The fourth-order valence-corrected chi connectivity index (χ4v) is 11.2. The van der Waals surface area contributed by atoms with Crippen molar-refractivity contribution in [1.82, 2.24) is 19.5 Å². The number of para-hydroxylation sites is 2. The van der Waals surface area contributed by atoms with Gasteiger partial charge in [0.1, 0.15) is 11.2 Å². The zero-order chi connectivity index (χ0) is 44.6. The van der Waals surface area contributed by atoms with E-state index in [1.54, 1.807) is 0 Å². The Morgan fingerprint density at radius 1 is 0.358 bits per heavy atom. The Bertz CT molecular complexity index is 4260. The van der Waals surface area contributed by atoms with Crippen LogP contribution in [0.25, 0.3) is 136 Å². The molecule has 0 aliphatic rings. The smallest absolute Gasteiger partial charge is 0.238 e. The van der Waals surface area contributed by atoms with E-state index in [1.165, 1.54) is 41.9 Å². The summed E-state index contributed by atoms with van der Waals surface area (Å²) in [5.41, 5.74) is 10.0. The summed E-state index contributed by atoms with van der Waals surface area (Å²) in [6.07, 6.45) is 0. The minimum absolute atomic E-state index is 0.539. The van der Waals surface area contributed by atoms with Crippen molar-refractivity contribution in [3.63, 3.8) is 0 Å². The van der Waals surface area contributed by atoms with Crippen LogP contribution >= 0.6 is 11.3 Å². The predicted octanol–water partition coefficient (Wildman–Crippen LogP) is 17.2. The van der Waals surface area contributed by atoms with Gasteiger partial charge in [-0.2, -0.15) is 9.97 Å². The van der Waals surface area contributed by atoms with Crippen LogP contribution < -0.4 is 0 Å². The number of nitrogens with zero attached hydrogens (tertiary/aromatic N) is 4. The molecule has 4 aromatic heterocycles. The summed E-state index contributed by atoms with van der Waals surface area (Å²) in [4.78, 5) is 16.1. The average molecular weight is 877 g/mol. The predicted molar refractivity (Wildman–Crippen MR) is 282 cm³/mol. The molecule has 14 aromatic rings. The standard InChI is InChI=1S/C59H34N4OS.C2H6/c1-2-14-35(15-3-1)57-60-58(39-28-30-44-43-20-8-10-26-50(43)64-51(44)34-39)62-59(61-57)63-55-40(24-13-25-48(55)54-46-22-6-4-18-41(46)42-19-5-7-23-47(42)56(54)63)38-17-12-16-36(32-38)37-29-31-53-49(33-37)45-21-9-11-27-52(45)65-53;1-2/h1-34H;1-2H3. The molecule has 0 bridgehead atoms. The van der Waals surface area contributed by atoms with Crippen LogP contribution in [0.15, 0.2) is 211 Å². The van der Waals surface area contributed by atoms with Gasteiger partial charge in [-0.25, -0.2) is 4.98 Å². The van der Waals surface area contributed by atoms with E-state index >= 15 is 0 Å². The molecule has 14 rings (SSSR count). The van der Waals surface area contributed by atoms with E-state index in [0.717, 1.165) is 76.9 Å². The van der Waals surface area contributed by atoms with E-state index in [2.05, 4.69) is 174 Å². The molecule has 6 heteroatoms. The van der Waals surface area contributed by atoms with Crippen molar-refractivity contribution in [2.24, 2.45) is 0 Å². The van der Waals surface area contributed by atoms with Gasteiger partial charge >= 0.3 is 0 Å². The van der Waals surface area contributed by atoms with Crippen molar-refractivity contribution in [2.75, 3.05) is 0 Å². The van der Waals surface area contributed by atoms with Gasteiger partial charge in [-0.15, -0.1) is 11.3 Å². The molecule has 0 atom stereocenters. The number of thiophene rings is 1. The van der Waals surface area contributed by atoms with Gasteiger partial charge in [0.2, 0.25) is 5.95 Å². The molecule has 0 N–H and O–H groups in total. The van der Waals surface area contributed by atoms with Crippen molar-refractivity contribution in [2.45, 2.75) is 13.8 Å². The second-order valence-electron chi connectivity index (χ2n) is 16.7. The normalized spacial score (nSPS) is 11.7. The second kappa shape index (κ2) is 15.6. The van der Waals surface area contributed by atoms with Gasteiger partial charge in [0, 0.05) is 63.8 Å². The van der Waals surface area contributed by atoms with Crippen LogP contribution in [-0.2, 0) is 0 Å². The molecule has 10 aromatic carbocycles. The Hall–Kier alpha value is -8.45. The summed E-state index contributed by atoms with van der Waals surface area (Å²) < 4.78 is 11.3. The topological polar surface area (TPSA) is 56.7 Å². The van der Waals surface area contributed by atoms with E-state index in [9.17, 15) is 0 Å². The number of fused-ring (bicyclic) bond motifs is 14. The van der Waals surface area contributed by atoms with Crippen LogP contribution in [0.2, 0.25) is 0 Å². The highest BCUT2D eigenvalue weighted by molar-refractivity contribution is 7.25. The van der Waals surface area contributed by atoms with Crippen molar-refractivity contribution in [1.29, 1.82) is 0 Å². The quantitative estimate of drug-likeness (QED) is 0.162. The lowest BCUT2D eigenvalue weighted by atomic mass is 9.95. The Morgan fingerprint density at radius 3 is 1.78 bits per heavy atom. The molecule has 4 heterocycles. The van der Waals surface area contributed by atoms with Crippen LogP contribution in [-0.4, -0.2) is 19.5 Å². The number of aromatic nitrogens is 4. The Balaban J connectivity index is 0.00000220. The summed E-state index contributed by atoms with van der Waals surface area (Å²) in [5.74, 6) is 1.69. The lowest BCUT2D eigenvalue weighted by Gasteiger charge is -2.14. The first-order valence-corrected chi connectivity index (χ1v) is 23.7. The van der Waals surface area contributed by atoms with E-state index in [4.69, 9.17) is 19.4 Å². The molecule has 0 saturated carbocycles. The van der Waals surface area contributed by atoms with Gasteiger partial charge in [0.15, 0.2) is 11.6 Å². The average Bonchev–Trinajstić information content (AvgIpc) is 4.09. The SMILES string of the molecule is CC.c1ccc(-c2nc(-c3ccc4c(c3)oc3ccccc34)nc(-n3c4c(-c5cccc(-c6ccc7sc8ccccc8c7c6)c5)cccc4c4c5ccccc5c5ccccc5c43)n2)cc1. The maximum Gasteiger partial charge on any atom is 0.238 e. The first-order valence-electron chi connectivity index (χ1n) is 22.8. The van der Waals surface area contributed by atoms with Gasteiger partial charge in [-0.1, -0.05) is 178 Å². The molecule has 0 unspecified atom stereocenters. The van der Waals surface area contributed by atoms with Crippen LogP contribution in [0.4, 0.5) is 0 Å². The van der Waals surface area contributed by atoms with Gasteiger partial charge in [0.05, 0.1) is 11.0 Å². The van der Waals surface area contributed by atoms with E-state index in [-0.39, 0.29) is 0 Å². The molecule has 0 spiro atoms. The lowest BCUT2D eigenvalue weighted by Crippen LogP contribution is -2.07. The summed E-state index contributed by atoms with van der Waals surface area (Å²) in [5, 5.41) is 11.7. The fraction of sp³-hybridized carbons (Fsp3) is 0.0328. The number of hydrogen-bond donors (Lipinski definition) is 0.